The van der Waals surface area contributed by atoms with Crippen LogP contribution in [0, 0.1) is 11.3 Å². The average Bonchev–Trinajstić information content (AvgIpc) is 3.08. The number of hydrogen-bond donors (Lipinski definition) is 0. The number of hydrogen-bond acceptors (Lipinski definition) is 4. The Labute approximate surface area is 127 Å². The van der Waals surface area contributed by atoms with E-state index < -0.39 is 47.8 Å². The summed E-state index contributed by atoms with van der Waals surface area (Å²) < 4.78 is 83.7. The maximum Gasteiger partial charge on any atom is 0.434 e. The van der Waals surface area contributed by atoms with Crippen LogP contribution in [0.5, 0.6) is 0 Å². The van der Waals surface area contributed by atoms with E-state index in [1.165, 1.54) is 0 Å². The Bertz CT molecular complexity index is 486. The van der Waals surface area contributed by atoms with Gasteiger partial charge in [-0.3, -0.25) is 9.59 Å². The van der Waals surface area contributed by atoms with E-state index >= 15 is 0 Å². The van der Waals surface area contributed by atoms with Gasteiger partial charge in [0.2, 0.25) is 0 Å². The predicted molar refractivity (Wildman–Crippen MR) is 61.9 cm³/mol. The quantitative estimate of drug-likeness (QED) is 0.435. The Balaban J connectivity index is 2.26. The fourth-order valence-electron chi connectivity index (χ4n) is 2.83. The van der Waals surface area contributed by atoms with Crippen molar-refractivity contribution >= 4 is 11.9 Å². The zero-order valence-corrected chi connectivity index (χ0v) is 12.0. The number of carbonyl (C=O) groups excluding carboxylic acids is 2. The van der Waals surface area contributed by atoms with Crippen LogP contribution in [-0.4, -0.2) is 36.5 Å². The molecule has 1 saturated carbocycles. The zero-order chi connectivity index (χ0) is 17.6. The molecule has 23 heavy (non-hydrogen) atoms. The van der Waals surface area contributed by atoms with Crippen molar-refractivity contribution < 1.29 is 45.4 Å². The first-order valence-corrected chi connectivity index (χ1v) is 7.00. The van der Waals surface area contributed by atoms with Crippen molar-refractivity contribution in [2.24, 2.45) is 11.3 Å². The standard InChI is InChI=1S/C13H14F6O4/c1-2-3-4-11(6-5-7(6)22-9(11)20)10(21)23-8(12(14,15)16)13(17,18)19/h6-8H,2-5H2,1H3. The van der Waals surface area contributed by atoms with E-state index in [1.54, 1.807) is 6.92 Å². The SMILES string of the molecule is CCCCC1(C(=O)OC(C(F)(F)F)C(F)(F)F)C(=O)OC2CC21. The van der Waals surface area contributed by atoms with Crippen LogP contribution < -0.4 is 0 Å². The molecule has 1 aliphatic carbocycles. The average molecular weight is 348 g/mol. The molecule has 0 aromatic carbocycles. The summed E-state index contributed by atoms with van der Waals surface area (Å²) >= 11 is 0. The number of alkyl halides is 6. The van der Waals surface area contributed by atoms with E-state index in [2.05, 4.69) is 4.74 Å². The van der Waals surface area contributed by atoms with Crippen molar-refractivity contribution in [3.63, 3.8) is 0 Å². The molecule has 2 rings (SSSR count). The minimum Gasteiger partial charge on any atom is -0.461 e. The molecule has 0 bridgehead atoms. The smallest absolute Gasteiger partial charge is 0.434 e. The topological polar surface area (TPSA) is 52.6 Å². The van der Waals surface area contributed by atoms with Crippen LogP contribution in [0.2, 0.25) is 0 Å². The number of ether oxygens (including phenoxy) is 2. The molecule has 0 aromatic heterocycles. The van der Waals surface area contributed by atoms with E-state index in [0.717, 1.165) is 0 Å². The molecule has 3 atom stereocenters. The third kappa shape index (κ3) is 3.12. The first-order valence-electron chi connectivity index (χ1n) is 7.00. The van der Waals surface area contributed by atoms with Gasteiger partial charge in [0.25, 0.3) is 6.10 Å². The maximum atomic E-state index is 12.5. The number of halogens is 6. The van der Waals surface area contributed by atoms with Gasteiger partial charge in [0.1, 0.15) is 6.10 Å². The number of unbranched alkanes of at least 4 members (excludes halogenated alkanes) is 1. The molecule has 2 fully saturated rings. The van der Waals surface area contributed by atoms with Crippen molar-refractivity contribution in [2.45, 2.75) is 57.2 Å². The molecule has 3 unspecified atom stereocenters. The molecule has 10 heteroatoms. The fraction of sp³-hybridized carbons (Fsp3) is 0.846. The highest BCUT2D eigenvalue weighted by atomic mass is 19.4. The minimum absolute atomic E-state index is 0.190. The summed E-state index contributed by atoms with van der Waals surface area (Å²) in [5.41, 5.74) is -2.06. The number of fused-ring (bicyclic) bond motifs is 1. The van der Waals surface area contributed by atoms with Gasteiger partial charge in [-0.15, -0.1) is 0 Å². The van der Waals surface area contributed by atoms with Gasteiger partial charge < -0.3 is 9.47 Å². The molecule has 132 valence electrons. The van der Waals surface area contributed by atoms with Gasteiger partial charge in [-0.25, -0.2) is 0 Å². The summed E-state index contributed by atoms with van der Waals surface area (Å²) in [6.07, 6.45) is -15.7. The molecule has 2 aliphatic rings. The third-order valence-electron chi connectivity index (χ3n) is 4.10. The van der Waals surface area contributed by atoms with Crippen molar-refractivity contribution in [3.8, 4) is 0 Å². The second-order valence-electron chi connectivity index (χ2n) is 5.73. The lowest BCUT2D eigenvalue weighted by Crippen LogP contribution is -2.50. The summed E-state index contributed by atoms with van der Waals surface area (Å²) in [5, 5.41) is 0. The molecule has 1 heterocycles. The van der Waals surface area contributed by atoms with Gasteiger partial charge in [-0.1, -0.05) is 19.8 Å². The molecular formula is C13H14F6O4. The molecular weight excluding hydrogens is 334 g/mol. The molecule has 0 N–H and O–H groups in total. The zero-order valence-electron chi connectivity index (χ0n) is 12.0. The van der Waals surface area contributed by atoms with E-state index in [0.29, 0.717) is 6.42 Å². The van der Waals surface area contributed by atoms with Crippen LogP contribution in [0.25, 0.3) is 0 Å². The summed E-state index contributed by atoms with van der Waals surface area (Å²) in [4.78, 5) is 24.0. The van der Waals surface area contributed by atoms with Crippen LogP contribution in [0.15, 0.2) is 0 Å². The Hall–Kier alpha value is -1.48. The molecule has 0 aromatic rings. The van der Waals surface area contributed by atoms with Gasteiger partial charge in [0.05, 0.1) is 0 Å². The summed E-state index contributed by atoms with van der Waals surface area (Å²) in [6, 6.07) is 0. The molecule has 0 amide bonds. The van der Waals surface area contributed by atoms with Crippen LogP contribution in [-0.2, 0) is 19.1 Å². The lowest BCUT2D eigenvalue weighted by Gasteiger charge is -2.29. The minimum atomic E-state index is -5.81. The van der Waals surface area contributed by atoms with Crippen molar-refractivity contribution in [1.29, 1.82) is 0 Å². The van der Waals surface area contributed by atoms with Crippen molar-refractivity contribution in [2.75, 3.05) is 0 Å². The highest BCUT2D eigenvalue weighted by molar-refractivity contribution is 6.03. The highest BCUT2D eigenvalue weighted by Gasteiger charge is 2.72. The largest absolute Gasteiger partial charge is 0.461 e. The second kappa shape index (κ2) is 5.55. The Morgan fingerprint density at radius 2 is 1.87 bits per heavy atom. The van der Waals surface area contributed by atoms with E-state index in [1.807, 2.05) is 0 Å². The normalized spacial score (nSPS) is 30.2. The molecule has 1 aliphatic heterocycles. The Morgan fingerprint density at radius 1 is 1.30 bits per heavy atom. The van der Waals surface area contributed by atoms with Crippen LogP contribution in [0.1, 0.15) is 32.6 Å². The van der Waals surface area contributed by atoms with Crippen LogP contribution >= 0.6 is 0 Å². The number of esters is 2. The number of carbonyl (C=O) groups is 2. The monoisotopic (exact) mass is 348 g/mol. The van der Waals surface area contributed by atoms with E-state index in [-0.39, 0.29) is 19.3 Å². The summed E-state index contributed by atoms with van der Waals surface area (Å²) in [5.74, 6) is -3.61. The molecule has 0 radical (unpaired) electrons. The van der Waals surface area contributed by atoms with Crippen LogP contribution in [0.4, 0.5) is 26.3 Å². The van der Waals surface area contributed by atoms with Gasteiger partial charge in [0.15, 0.2) is 5.41 Å². The van der Waals surface area contributed by atoms with E-state index in [9.17, 15) is 35.9 Å². The summed E-state index contributed by atoms with van der Waals surface area (Å²) in [7, 11) is 0. The highest BCUT2D eigenvalue weighted by Crippen LogP contribution is 2.58. The molecule has 4 nitrogen and oxygen atoms in total. The Kier molecular flexibility index (Phi) is 4.31. The predicted octanol–water partition coefficient (Wildman–Crippen LogP) is 3.14. The number of rotatable bonds is 5. The second-order valence-corrected chi connectivity index (χ2v) is 5.73. The van der Waals surface area contributed by atoms with E-state index in [4.69, 9.17) is 4.74 Å². The maximum absolute atomic E-state index is 12.5. The first kappa shape index (κ1) is 17.9. The van der Waals surface area contributed by atoms with Gasteiger partial charge in [-0.05, 0) is 12.8 Å². The van der Waals surface area contributed by atoms with Crippen molar-refractivity contribution in [1.82, 2.24) is 0 Å². The van der Waals surface area contributed by atoms with Crippen molar-refractivity contribution in [3.05, 3.63) is 0 Å². The molecule has 0 spiro atoms. The first-order chi connectivity index (χ1) is 10.4. The van der Waals surface area contributed by atoms with Gasteiger partial charge in [0, 0.05) is 5.92 Å². The lowest BCUT2D eigenvalue weighted by molar-refractivity contribution is -0.315. The Morgan fingerprint density at radius 3 is 2.26 bits per heavy atom. The van der Waals surface area contributed by atoms with Gasteiger partial charge in [-0.2, -0.15) is 26.3 Å². The fourth-order valence-corrected chi connectivity index (χ4v) is 2.83. The molecule has 1 saturated heterocycles. The van der Waals surface area contributed by atoms with Crippen LogP contribution in [0.3, 0.4) is 0 Å². The van der Waals surface area contributed by atoms with Gasteiger partial charge >= 0.3 is 24.3 Å². The third-order valence-corrected chi connectivity index (χ3v) is 4.10. The summed E-state index contributed by atoms with van der Waals surface area (Å²) in [6.45, 7) is 1.71. The lowest BCUT2D eigenvalue weighted by atomic mass is 9.79.